The minimum absolute atomic E-state index is 0.170. The first-order valence-electron chi connectivity index (χ1n) is 4.76. The zero-order chi connectivity index (χ0) is 10.8. The molecule has 0 spiro atoms. The third kappa shape index (κ3) is 1.95. The Balaban J connectivity index is 2.96. The van der Waals surface area contributed by atoms with Gasteiger partial charge in [-0.15, -0.1) is 0 Å². The number of benzene rings is 1. The molecule has 0 amide bonds. The highest BCUT2D eigenvalue weighted by molar-refractivity contribution is 5.88. The van der Waals surface area contributed by atoms with E-state index in [2.05, 4.69) is 0 Å². The van der Waals surface area contributed by atoms with Gasteiger partial charge in [0.2, 0.25) is 0 Å². The number of para-hydroxylation sites is 1. The maximum atomic E-state index is 11.4. The van der Waals surface area contributed by atoms with Crippen molar-refractivity contribution in [3.63, 3.8) is 0 Å². The zero-order valence-corrected chi connectivity index (χ0v) is 9.24. The smallest absolute Gasteiger partial charge is 0.154 e. The van der Waals surface area contributed by atoms with Crippen molar-refractivity contribution >= 4 is 11.5 Å². The lowest BCUT2D eigenvalue weighted by molar-refractivity contribution is -0.120. The quantitative estimate of drug-likeness (QED) is 0.731. The fourth-order valence-electron chi connectivity index (χ4n) is 1.21. The summed E-state index contributed by atoms with van der Waals surface area (Å²) < 4.78 is 0. The number of carbonyl (C=O) groups is 1. The van der Waals surface area contributed by atoms with E-state index in [4.69, 9.17) is 0 Å². The van der Waals surface area contributed by atoms with Gasteiger partial charge in [-0.05, 0) is 32.9 Å². The summed E-state index contributed by atoms with van der Waals surface area (Å²) in [6, 6.07) is 9.93. The molecule has 1 aromatic carbocycles. The minimum Gasteiger partial charge on any atom is -0.362 e. The van der Waals surface area contributed by atoms with E-state index < -0.39 is 5.54 Å². The summed E-state index contributed by atoms with van der Waals surface area (Å²) in [6.45, 7) is 5.49. The third-order valence-electron chi connectivity index (χ3n) is 2.84. The molecule has 0 atom stereocenters. The topological polar surface area (TPSA) is 20.3 Å². The molecular formula is C12H17NO. The number of nitrogens with zero attached hydrogens (tertiary/aromatic N) is 1. The summed E-state index contributed by atoms with van der Waals surface area (Å²) in [4.78, 5) is 13.4. The van der Waals surface area contributed by atoms with E-state index in [0.717, 1.165) is 5.69 Å². The molecule has 1 aromatic rings. The lowest BCUT2D eigenvalue weighted by atomic mass is 9.98. The van der Waals surface area contributed by atoms with E-state index in [0.29, 0.717) is 0 Å². The molecule has 0 aliphatic carbocycles. The number of likely N-dealkylation sites (N-methyl/N-ethyl adjacent to an activating group) is 1. The number of anilines is 1. The monoisotopic (exact) mass is 191 g/mol. The van der Waals surface area contributed by atoms with Crippen LogP contribution < -0.4 is 4.90 Å². The number of hydrogen-bond donors (Lipinski definition) is 0. The maximum absolute atomic E-state index is 11.4. The van der Waals surface area contributed by atoms with Crippen molar-refractivity contribution in [2.24, 2.45) is 0 Å². The van der Waals surface area contributed by atoms with E-state index in [1.165, 1.54) is 0 Å². The first-order chi connectivity index (χ1) is 6.46. The van der Waals surface area contributed by atoms with Crippen molar-refractivity contribution in [3.8, 4) is 0 Å². The van der Waals surface area contributed by atoms with Crippen LogP contribution >= 0.6 is 0 Å². The van der Waals surface area contributed by atoms with Gasteiger partial charge in [-0.25, -0.2) is 0 Å². The summed E-state index contributed by atoms with van der Waals surface area (Å²) in [6.07, 6.45) is 0. The standard InChI is InChI=1S/C12H17NO/c1-10(14)12(2,3)13(4)11-8-6-5-7-9-11/h5-9H,1-4H3. The van der Waals surface area contributed by atoms with Crippen LogP contribution in [0.1, 0.15) is 20.8 Å². The molecule has 76 valence electrons. The SMILES string of the molecule is CC(=O)C(C)(C)N(C)c1ccccc1. The Bertz CT molecular complexity index is 316. The molecule has 0 heterocycles. The second-order valence-corrected chi connectivity index (χ2v) is 4.01. The number of rotatable bonds is 3. The average molecular weight is 191 g/mol. The maximum Gasteiger partial charge on any atom is 0.154 e. The Hall–Kier alpha value is -1.31. The number of ketones is 1. The Morgan fingerprint density at radius 1 is 1.21 bits per heavy atom. The highest BCUT2D eigenvalue weighted by Crippen LogP contribution is 2.22. The van der Waals surface area contributed by atoms with Gasteiger partial charge in [0.05, 0.1) is 5.54 Å². The van der Waals surface area contributed by atoms with E-state index in [-0.39, 0.29) is 5.78 Å². The highest BCUT2D eigenvalue weighted by Gasteiger charge is 2.28. The van der Waals surface area contributed by atoms with Gasteiger partial charge in [0.25, 0.3) is 0 Å². The van der Waals surface area contributed by atoms with Crippen molar-refractivity contribution < 1.29 is 4.79 Å². The Kier molecular flexibility index (Phi) is 2.94. The summed E-state index contributed by atoms with van der Waals surface area (Å²) in [7, 11) is 1.94. The largest absolute Gasteiger partial charge is 0.362 e. The number of hydrogen-bond acceptors (Lipinski definition) is 2. The van der Waals surface area contributed by atoms with Gasteiger partial charge in [0, 0.05) is 12.7 Å². The first-order valence-corrected chi connectivity index (χ1v) is 4.76. The van der Waals surface area contributed by atoms with Crippen molar-refractivity contribution in [2.75, 3.05) is 11.9 Å². The summed E-state index contributed by atoms with van der Waals surface area (Å²) in [5.74, 6) is 0.170. The molecule has 2 heteroatoms. The van der Waals surface area contributed by atoms with Gasteiger partial charge < -0.3 is 4.90 Å². The molecule has 2 nitrogen and oxygen atoms in total. The van der Waals surface area contributed by atoms with E-state index in [1.807, 2.05) is 56.1 Å². The molecule has 0 aliphatic heterocycles. The Morgan fingerprint density at radius 3 is 2.14 bits per heavy atom. The second-order valence-electron chi connectivity index (χ2n) is 4.01. The van der Waals surface area contributed by atoms with Gasteiger partial charge in [-0.2, -0.15) is 0 Å². The van der Waals surface area contributed by atoms with Crippen molar-refractivity contribution in [1.82, 2.24) is 0 Å². The highest BCUT2D eigenvalue weighted by atomic mass is 16.1. The van der Waals surface area contributed by atoms with Gasteiger partial charge in [-0.3, -0.25) is 4.79 Å². The molecule has 0 saturated carbocycles. The van der Waals surface area contributed by atoms with Gasteiger partial charge in [0.15, 0.2) is 5.78 Å². The Labute approximate surface area is 85.5 Å². The fourth-order valence-corrected chi connectivity index (χ4v) is 1.21. The minimum atomic E-state index is -0.443. The van der Waals surface area contributed by atoms with Crippen molar-refractivity contribution in [3.05, 3.63) is 30.3 Å². The molecule has 0 fully saturated rings. The van der Waals surface area contributed by atoms with Crippen LogP contribution in [0.5, 0.6) is 0 Å². The normalized spacial score (nSPS) is 11.1. The molecule has 0 aliphatic rings. The van der Waals surface area contributed by atoms with Crippen LogP contribution in [0.4, 0.5) is 5.69 Å². The van der Waals surface area contributed by atoms with Crippen LogP contribution in [-0.2, 0) is 4.79 Å². The number of carbonyl (C=O) groups excluding carboxylic acids is 1. The first kappa shape index (κ1) is 10.8. The summed E-state index contributed by atoms with van der Waals surface area (Å²) in [5.41, 5.74) is 0.620. The molecule has 1 rings (SSSR count). The summed E-state index contributed by atoms with van der Waals surface area (Å²) >= 11 is 0. The molecule has 0 N–H and O–H groups in total. The van der Waals surface area contributed by atoms with Crippen LogP contribution in [0, 0.1) is 0 Å². The van der Waals surface area contributed by atoms with Crippen LogP contribution in [0.3, 0.4) is 0 Å². The molecule has 0 bridgehead atoms. The van der Waals surface area contributed by atoms with Gasteiger partial charge >= 0.3 is 0 Å². The lowest BCUT2D eigenvalue weighted by Gasteiger charge is -2.35. The third-order valence-corrected chi connectivity index (χ3v) is 2.84. The van der Waals surface area contributed by atoms with Gasteiger partial charge in [-0.1, -0.05) is 18.2 Å². The predicted octanol–water partition coefficient (Wildman–Crippen LogP) is 2.49. The summed E-state index contributed by atoms with van der Waals surface area (Å²) in [5, 5.41) is 0. The van der Waals surface area contributed by atoms with Gasteiger partial charge in [0.1, 0.15) is 0 Å². The lowest BCUT2D eigenvalue weighted by Crippen LogP contribution is -2.47. The number of Topliss-reactive ketones (excluding diaryl/α,β-unsaturated/α-hetero) is 1. The van der Waals surface area contributed by atoms with E-state index in [9.17, 15) is 4.79 Å². The molecule has 14 heavy (non-hydrogen) atoms. The fraction of sp³-hybridized carbons (Fsp3) is 0.417. The van der Waals surface area contributed by atoms with Crippen LogP contribution in [0.25, 0.3) is 0 Å². The van der Waals surface area contributed by atoms with Crippen LogP contribution in [-0.4, -0.2) is 18.4 Å². The Morgan fingerprint density at radius 2 is 1.71 bits per heavy atom. The molecule has 0 saturated heterocycles. The van der Waals surface area contributed by atoms with Crippen LogP contribution in [0.2, 0.25) is 0 Å². The molecule has 0 aromatic heterocycles. The zero-order valence-electron chi connectivity index (χ0n) is 9.24. The van der Waals surface area contributed by atoms with Crippen LogP contribution in [0.15, 0.2) is 30.3 Å². The second kappa shape index (κ2) is 3.82. The van der Waals surface area contributed by atoms with E-state index in [1.54, 1.807) is 6.92 Å². The average Bonchev–Trinajstić information content (AvgIpc) is 2.17. The molecule has 0 unspecified atom stereocenters. The predicted molar refractivity (Wildman–Crippen MR) is 59.6 cm³/mol. The molecule has 0 radical (unpaired) electrons. The van der Waals surface area contributed by atoms with E-state index >= 15 is 0 Å². The van der Waals surface area contributed by atoms with Crippen molar-refractivity contribution in [2.45, 2.75) is 26.3 Å². The molecular weight excluding hydrogens is 174 g/mol. The van der Waals surface area contributed by atoms with Crippen molar-refractivity contribution in [1.29, 1.82) is 0 Å².